The van der Waals surface area contributed by atoms with Gasteiger partial charge in [-0.3, -0.25) is 9.59 Å². The lowest BCUT2D eigenvalue weighted by atomic mass is 9.99. The van der Waals surface area contributed by atoms with E-state index in [-0.39, 0.29) is 17.7 Å². The van der Waals surface area contributed by atoms with Gasteiger partial charge in [0.15, 0.2) is 0 Å². The van der Waals surface area contributed by atoms with Crippen molar-refractivity contribution in [2.24, 2.45) is 0 Å². The van der Waals surface area contributed by atoms with Gasteiger partial charge in [0.2, 0.25) is 5.91 Å². The van der Waals surface area contributed by atoms with Crippen LogP contribution in [0.15, 0.2) is 48.5 Å². The summed E-state index contributed by atoms with van der Waals surface area (Å²) in [7, 11) is 1.63. The summed E-state index contributed by atoms with van der Waals surface area (Å²) in [4.78, 5) is 27.6. The molecule has 0 spiro atoms. The second-order valence-corrected chi connectivity index (χ2v) is 7.47. The molecule has 28 heavy (non-hydrogen) atoms. The number of methoxy groups -OCH3 is 1. The Morgan fingerprint density at radius 1 is 1.21 bits per heavy atom. The number of halogens is 1. The number of rotatable bonds is 8. The van der Waals surface area contributed by atoms with Gasteiger partial charge in [-0.15, -0.1) is 0 Å². The third kappa shape index (κ3) is 4.37. The lowest BCUT2D eigenvalue weighted by molar-refractivity contribution is -0.125. The van der Waals surface area contributed by atoms with Crippen LogP contribution < -0.4 is 5.32 Å². The molecular formula is C22H25ClN2O3. The number of ether oxygens (including phenoxy) is 1. The maximum Gasteiger partial charge on any atom is 0.255 e. The molecule has 1 heterocycles. The lowest BCUT2D eigenvalue weighted by Crippen LogP contribution is -2.41. The van der Waals surface area contributed by atoms with Crippen LogP contribution in [0.4, 0.5) is 0 Å². The number of amides is 2. The normalized spacial score (nSPS) is 16.8. The van der Waals surface area contributed by atoms with E-state index in [4.69, 9.17) is 16.3 Å². The molecule has 0 fully saturated rings. The van der Waals surface area contributed by atoms with Crippen molar-refractivity contribution in [1.29, 1.82) is 0 Å². The second-order valence-electron chi connectivity index (χ2n) is 7.04. The number of carbonyl (C=O) groups excluding carboxylic acids is 2. The molecule has 2 atom stereocenters. The Bertz CT molecular complexity index is 838. The van der Waals surface area contributed by atoms with E-state index in [9.17, 15) is 9.59 Å². The highest BCUT2D eigenvalue weighted by molar-refractivity contribution is 6.30. The van der Waals surface area contributed by atoms with Crippen LogP contribution in [0.2, 0.25) is 5.02 Å². The maximum absolute atomic E-state index is 13.0. The van der Waals surface area contributed by atoms with Crippen LogP contribution in [0.3, 0.4) is 0 Å². The summed E-state index contributed by atoms with van der Waals surface area (Å²) in [5.74, 6) is -0.189. The quantitative estimate of drug-likeness (QED) is 0.686. The monoisotopic (exact) mass is 400 g/mol. The molecule has 0 saturated heterocycles. The van der Waals surface area contributed by atoms with E-state index in [0.29, 0.717) is 30.3 Å². The Balaban J connectivity index is 1.80. The summed E-state index contributed by atoms with van der Waals surface area (Å²) < 4.78 is 5.03. The number of nitrogens with zero attached hydrogens (tertiary/aromatic N) is 1. The first-order chi connectivity index (χ1) is 13.5. The molecule has 2 unspecified atom stereocenters. The molecular weight excluding hydrogens is 376 g/mol. The summed E-state index contributed by atoms with van der Waals surface area (Å²) in [5, 5.41) is 3.62. The van der Waals surface area contributed by atoms with Crippen LogP contribution in [0, 0.1) is 0 Å². The fourth-order valence-electron chi connectivity index (χ4n) is 3.56. The predicted molar refractivity (Wildman–Crippen MR) is 110 cm³/mol. The summed E-state index contributed by atoms with van der Waals surface area (Å²) in [6, 6.07) is 14.3. The highest BCUT2D eigenvalue weighted by Gasteiger charge is 2.41. The molecule has 0 aromatic heterocycles. The molecule has 0 bridgehead atoms. The van der Waals surface area contributed by atoms with E-state index in [1.165, 1.54) is 0 Å². The standard InChI is InChI=1S/C22H25ClN2O3/c1-15(16-8-10-17(23)11-9-16)14-25-20(21(26)24-12-5-13-28-2)18-6-3-4-7-19(18)22(25)27/h3-4,6-11,15,20H,5,12-14H2,1-2H3,(H,24,26). The number of nitrogens with one attached hydrogen (secondary N) is 1. The number of fused-ring (bicyclic) bond motifs is 1. The summed E-state index contributed by atoms with van der Waals surface area (Å²) in [6.45, 7) is 3.59. The first-order valence-corrected chi connectivity index (χ1v) is 9.82. The van der Waals surface area contributed by atoms with Crippen LogP contribution in [-0.2, 0) is 9.53 Å². The lowest BCUT2D eigenvalue weighted by Gasteiger charge is -2.27. The van der Waals surface area contributed by atoms with Crippen molar-refractivity contribution < 1.29 is 14.3 Å². The first kappa shape index (κ1) is 20.4. The van der Waals surface area contributed by atoms with Crippen molar-refractivity contribution in [2.75, 3.05) is 26.8 Å². The van der Waals surface area contributed by atoms with E-state index in [1.54, 1.807) is 18.1 Å². The molecule has 3 rings (SSSR count). The molecule has 2 amide bonds. The van der Waals surface area contributed by atoms with E-state index >= 15 is 0 Å². The number of carbonyl (C=O) groups is 2. The molecule has 6 heteroatoms. The molecule has 1 aliphatic rings. The second kappa shape index (κ2) is 9.22. The van der Waals surface area contributed by atoms with Crippen LogP contribution >= 0.6 is 11.6 Å². The average Bonchev–Trinajstić information content (AvgIpc) is 2.98. The Kier molecular flexibility index (Phi) is 6.70. The number of hydrogen-bond acceptors (Lipinski definition) is 3. The van der Waals surface area contributed by atoms with Gasteiger partial charge in [0.1, 0.15) is 6.04 Å². The van der Waals surface area contributed by atoms with Crippen molar-refractivity contribution in [3.63, 3.8) is 0 Å². The topological polar surface area (TPSA) is 58.6 Å². The van der Waals surface area contributed by atoms with Gasteiger partial charge in [-0.25, -0.2) is 0 Å². The Morgan fingerprint density at radius 3 is 2.64 bits per heavy atom. The molecule has 0 aliphatic carbocycles. The van der Waals surface area contributed by atoms with Crippen LogP contribution in [0.5, 0.6) is 0 Å². The van der Waals surface area contributed by atoms with Gasteiger partial charge in [-0.2, -0.15) is 0 Å². The van der Waals surface area contributed by atoms with Gasteiger partial charge in [-0.1, -0.05) is 48.9 Å². The minimum atomic E-state index is -0.610. The van der Waals surface area contributed by atoms with E-state index < -0.39 is 6.04 Å². The Hall–Kier alpha value is -2.37. The Morgan fingerprint density at radius 2 is 1.93 bits per heavy atom. The highest BCUT2D eigenvalue weighted by Crippen LogP contribution is 2.35. The zero-order valence-electron chi connectivity index (χ0n) is 16.2. The predicted octanol–water partition coefficient (Wildman–Crippen LogP) is 3.79. The minimum Gasteiger partial charge on any atom is -0.385 e. The van der Waals surface area contributed by atoms with Gasteiger partial charge in [0.05, 0.1) is 0 Å². The maximum atomic E-state index is 13.0. The molecule has 2 aromatic rings. The molecule has 1 N–H and O–H groups in total. The van der Waals surface area contributed by atoms with Crippen LogP contribution in [0.25, 0.3) is 0 Å². The number of benzene rings is 2. The summed E-state index contributed by atoms with van der Waals surface area (Å²) in [6.07, 6.45) is 0.728. The summed E-state index contributed by atoms with van der Waals surface area (Å²) in [5.41, 5.74) is 2.44. The fraction of sp³-hybridized carbons (Fsp3) is 0.364. The molecule has 0 saturated carbocycles. The zero-order chi connectivity index (χ0) is 20.1. The summed E-state index contributed by atoms with van der Waals surface area (Å²) >= 11 is 5.98. The molecule has 0 radical (unpaired) electrons. The molecule has 2 aromatic carbocycles. The third-order valence-electron chi connectivity index (χ3n) is 5.04. The van der Waals surface area contributed by atoms with E-state index in [1.807, 2.05) is 49.4 Å². The van der Waals surface area contributed by atoms with E-state index in [0.717, 1.165) is 17.5 Å². The SMILES string of the molecule is COCCCNC(=O)C1c2ccccc2C(=O)N1CC(C)c1ccc(Cl)cc1. The third-order valence-corrected chi connectivity index (χ3v) is 5.29. The van der Waals surface area contributed by atoms with Crippen molar-refractivity contribution >= 4 is 23.4 Å². The van der Waals surface area contributed by atoms with Gasteiger partial charge in [0, 0.05) is 37.4 Å². The highest BCUT2D eigenvalue weighted by atomic mass is 35.5. The first-order valence-electron chi connectivity index (χ1n) is 9.45. The van der Waals surface area contributed by atoms with Crippen molar-refractivity contribution in [2.45, 2.75) is 25.3 Å². The molecule has 148 valence electrons. The zero-order valence-corrected chi connectivity index (χ0v) is 16.9. The van der Waals surface area contributed by atoms with Crippen LogP contribution in [-0.4, -0.2) is 43.5 Å². The van der Waals surface area contributed by atoms with E-state index in [2.05, 4.69) is 5.32 Å². The van der Waals surface area contributed by atoms with Gasteiger partial charge < -0.3 is 15.0 Å². The average molecular weight is 401 g/mol. The van der Waals surface area contributed by atoms with Gasteiger partial charge >= 0.3 is 0 Å². The molecule has 5 nitrogen and oxygen atoms in total. The van der Waals surface area contributed by atoms with Crippen molar-refractivity contribution in [1.82, 2.24) is 10.2 Å². The Labute approximate surface area is 170 Å². The fourth-order valence-corrected chi connectivity index (χ4v) is 3.68. The minimum absolute atomic E-state index is 0.0688. The van der Waals surface area contributed by atoms with Gasteiger partial charge in [-0.05, 0) is 41.7 Å². The smallest absolute Gasteiger partial charge is 0.255 e. The van der Waals surface area contributed by atoms with Crippen molar-refractivity contribution in [3.05, 3.63) is 70.2 Å². The van der Waals surface area contributed by atoms with Gasteiger partial charge in [0.25, 0.3) is 5.91 Å². The van der Waals surface area contributed by atoms with Crippen LogP contribution in [0.1, 0.15) is 46.8 Å². The molecule has 1 aliphatic heterocycles. The van der Waals surface area contributed by atoms with Crippen molar-refractivity contribution in [3.8, 4) is 0 Å². The largest absolute Gasteiger partial charge is 0.385 e. The number of hydrogen-bond donors (Lipinski definition) is 1.